The normalized spacial score (nSPS) is 11.1. The standard InChI is InChI=1S/C21H17FN2O3S/c1-2-14-15-7-6-13(26-21-24-8-9-28-21)11-18(15)27-20(25)16(14)10-12-4-3-5-17(23)19(12)22/h3-9,11H,2,10,23H2,1H3. The maximum atomic E-state index is 14.3. The average Bonchev–Trinajstić information content (AvgIpc) is 3.19. The molecule has 2 aromatic heterocycles. The van der Waals surface area contributed by atoms with Crippen molar-refractivity contribution in [3.63, 3.8) is 0 Å². The molecule has 5 nitrogen and oxygen atoms in total. The lowest BCUT2D eigenvalue weighted by Gasteiger charge is -2.12. The summed E-state index contributed by atoms with van der Waals surface area (Å²) in [6.45, 7) is 1.95. The number of aromatic nitrogens is 1. The molecule has 0 atom stereocenters. The van der Waals surface area contributed by atoms with Crippen molar-refractivity contribution in [2.24, 2.45) is 0 Å². The summed E-state index contributed by atoms with van der Waals surface area (Å²) in [6, 6.07) is 10.1. The number of halogens is 1. The lowest BCUT2D eigenvalue weighted by Crippen LogP contribution is -2.13. The van der Waals surface area contributed by atoms with E-state index < -0.39 is 11.4 Å². The van der Waals surface area contributed by atoms with Gasteiger partial charge in [-0.15, -0.1) is 0 Å². The Kier molecular flexibility index (Phi) is 4.83. The van der Waals surface area contributed by atoms with Gasteiger partial charge >= 0.3 is 5.63 Å². The van der Waals surface area contributed by atoms with Gasteiger partial charge in [0.05, 0.1) is 5.69 Å². The van der Waals surface area contributed by atoms with Crippen LogP contribution in [0, 0.1) is 5.82 Å². The van der Waals surface area contributed by atoms with E-state index in [1.54, 1.807) is 30.5 Å². The summed E-state index contributed by atoms with van der Waals surface area (Å²) in [5, 5.41) is 3.12. The third-order valence-electron chi connectivity index (χ3n) is 4.54. The molecule has 0 aliphatic rings. The molecule has 0 saturated heterocycles. The molecule has 0 spiro atoms. The summed E-state index contributed by atoms with van der Waals surface area (Å²) < 4.78 is 25.5. The van der Waals surface area contributed by atoms with E-state index in [4.69, 9.17) is 14.9 Å². The maximum absolute atomic E-state index is 14.3. The Bertz CT molecular complexity index is 1200. The summed E-state index contributed by atoms with van der Waals surface area (Å²) in [5.41, 5.74) is 7.28. The second kappa shape index (κ2) is 7.44. The summed E-state index contributed by atoms with van der Waals surface area (Å²) in [5.74, 6) is 0.0264. The highest BCUT2D eigenvalue weighted by Crippen LogP contribution is 2.30. The van der Waals surface area contributed by atoms with E-state index in [9.17, 15) is 9.18 Å². The lowest BCUT2D eigenvalue weighted by molar-refractivity contribution is 0.476. The Labute approximate surface area is 164 Å². The highest BCUT2D eigenvalue weighted by molar-refractivity contribution is 7.11. The number of nitrogen functional groups attached to an aromatic ring is 1. The largest absolute Gasteiger partial charge is 0.431 e. The highest BCUT2D eigenvalue weighted by Gasteiger charge is 2.17. The maximum Gasteiger partial charge on any atom is 0.340 e. The predicted octanol–water partition coefficient (Wildman–Crippen LogP) is 4.92. The van der Waals surface area contributed by atoms with Gasteiger partial charge in [0.25, 0.3) is 5.19 Å². The van der Waals surface area contributed by atoms with Crippen molar-refractivity contribution in [1.29, 1.82) is 0 Å². The molecule has 0 unspecified atom stereocenters. The Morgan fingerprint density at radius 3 is 2.86 bits per heavy atom. The van der Waals surface area contributed by atoms with Crippen LogP contribution in [0.5, 0.6) is 10.9 Å². The third kappa shape index (κ3) is 3.36. The molecule has 4 aromatic rings. The molecule has 2 N–H and O–H groups in total. The van der Waals surface area contributed by atoms with Crippen molar-refractivity contribution in [3.8, 4) is 10.9 Å². The van der Waals surface area contributed by atoms with Gasteiger partial charge in [0.15, 0.2) is 0 Å². The molecule has 0 fully saturated rings. The summed E-state index contributed by atoms with van der Waals surface area (Å²) in [6.07, 6.45) is 2.38. The molecule has 2 aromatic carbocycles. The number of ether oxygens (including phenoxy) is 1. The summed E-state index contributed by atoms with van der Waals surface area (Å²) >= 11 is 1.37. The lowest BCUT2D eigenvalue weighted by atomic mass is 9.96. The molecule has 0 amide bonds. The van der Waals surface area contributed by atoms with Crippen LogP contribution in [0.2, 0.25) is 0 Å². The molecular weight excluding hydrogens is 379 g/mol. The minimum atomic E-state index is -0.503. The second-order valence-corrected chi connectivity index (χ2v) is 7.11. The van der Waals surface area contributed by atoms with E-state index in [1.807, 2.05) is 18.4 Å². The Morgan fingerprint density at radius 1 is 1.25 bits per heavy atom. The van der Waals surface area contributed by atoms with Gasteiger partial charge in [-0.3, -0.25) is 0 Å². The monoisotopic (exact) mass is 396 g/mol. The van der Waals surface area contributed by atoms with Crippen molar-refractivity contribution >= 4 is 28.0 Å². The van der Waals surface area contributed by atoms with Gasteiger partial charge in [0.2, 0.25) is 0 Å². The molecule has 0 aliphatic carbocycles. The quantitative estimate of drug-likeness (QED) is 0.383. The van der Waals surface area contributed by atoms with Gasteiger partial charge in [0, 0.05) is 35.0 Å². The van der Waals surface area contributed by atoms with Crippen molar-refractivity contribution in [2.75, 3.05) is 5.73 Å². The Balaban J connectivity index is 1.78. The molecule has 28 heavy (non-hydrogen) atoms. The number of aryl methyl sites for hydroxylation is 1. The van der Waals surface area contributed by atoms with Crippen LogP contribution >= 0.6 is 11.3 Å². The SMILES string of the molecule is CCc1c(Cc2cccc(N)c2F)c(=O)oc2cc(Oc3nccs3)ccc12. The van der Waals surface area contributed by atoms with E-state index in [2.05, 4.69) is 4.98 Å². The van der Waals surface area contributed by atoms with Gasteiger partial charge in [-0.25, -0.2) is 14.2 Å². The fraction of sp³-hybridized carbons (Fsp3) is 0.143. The zero-order valence-electron chi connectivity index (χ0n) is 15.1. The minimum Gasteiger partial charge on any atom is -0.431 e. The number of rotatable bonds is 5. The molecule has 0 saturated carbocycles. The van der Waals surface area contributed by atoms with E-state index in [1.165, 1.54) is 17.4 Å². The van der Waals surface area contributed by atoms with E-state index >= 15 is 0 Å². The first-order valence-electron chi connectivity index (χ1n) is 8.75. The van der Waals surface area contributed by atoms with Gasteiger partial charge < -0.3 is 14.9 Å². The number of hydrogen-bond donors (Lipinski definition) is 1. The van der Waals surface area contributed by atoms with Gasteiger partial charge in [-0.1, -0.05) is 30.4 Å². The van der Waals surface area contributed by atoms with Crippen molar-refractivity contribution in [2.45, 2.75) is 19.8 Å². The van der Waals surface area contributed by atoms with Crippen molar-refractivity contribution < 1.29 is 13.5 Å². The number of fused-ring (bicyclic) bond motifs is 1. The topological polar surface area (TPSA) is 78.4 Å². The van der Waals surface area contributed by atoms with Gasteiger partial charge in [-0.05, 0) is 35.7 Å². The summed E-state index contributed by atoms with van der Waals surface area (Å²) in [7, 11) is 0. The number of thiazole rings is 1. The molecule has 0 bridgehead atoms. The van der Waals surface area contributed by atoms with Crippen LogP contribution in [0.25, 0.3) is 11.0 Å². The third-order valence-corrected chi connectivity index (χ3v) is 5.18. The molecule has 142 valence electrons. The van der Waals surface area contributed by atoms with E-state index in [0.717, 1.165) is 10.9 Å². The smallest absolute Gasteiger partial charge is 0.340 e. The zero-order valence-corrected chi connectivity index (χ0v) is 15.9. The first kappa shape index (κ1) is 18.2. The minimum absolute atomic E-state index is 0.0599. The number of benzene rings is 2. The van der Waals surface area contributed by atoms with Gasteiger partial charge in [0.1, 0.15) is 17.1 Å². The van der Waals surface area contributed by atoms with E-state index in [0.29, 0.717) is 34.1 Å². The fourth-order valence-electron chi connectivity index (χ4n) is 3.22. The van der Waals surface area contributed by atoms with Crippen LogP contribution < -0.4 is 16.1 Å². The zero-order chi connectivity index (χ0) is 19.7. The van der Waals surface area contributed by atoms with Crippen LogP contribution in [0.15, 0.2) is 57.2 Å². The first-order chi connectivity index (χ1) is 13.6. The molecule has 0 aliphatic heterocycles. The molecule has 4 rings (SSSR count). The highest BCUT2D eigenvalue weighted by atomic mass is 32.1. The molecule has 2 heterocycles. The van der Waals surface area contributed by atoms with E-state index in [-0.39, 0.29) is 12.1 Å². The fourth-order valence-corrected chi connectivity index (χ4v) is 3.72. The summed E-state index contributed by atoms with van der Waals surface area (Å²) in [4.78, 5) is 16.7. The molecule has 7 heteroatoms. The average molecular weight is 396 g/mol. The second-order valence-electron chi connectivity index (χ2n) is 6.26. The number of hydrogen-bond acceptors (Lipinski definition) is 6. The Morgan fingerprint density at radius 2 is 2.11 bits per heavy atom. The van der Waals surface area contributed by atoms with Gasteiger partial charge in [-0.2, -0.15) is 0 Å². The first-order valence-corrected chi connectivity index (χ1v) is 9.63. The Hall–Kier alpha value is -3.19. The molecular formula is C21H17FN2O3S. The number of nitrogens with two attached hydrogens (primary N) is 1. The van der Waals surface area contributed by atoms with Crippen LogP contribution in [-0.2, 0) is 12.8 Å². The van der Waals surface area contributed by atoms with Crippen LogP contribution in [-0.4, -0.2) is 4.98 Å². The van der Waals surface area contributed by atoms with Crippen molar-refractivity contribution in [3.05, 3.63) is 80.9 Å². The predicted molar refractivity (Wildman–Crippen MR) is 108 cm³/mol. The number of anilines is 1. The van der Waals surface area contributed by atoms with Crippen LogP contribution in [0.1, 0.15) is 23.6 Å². The van der Waals surface area contributed by atoms with Crippen LogP contribution in [0.3, 0.4) is 0 Å². The number of nitrogens with zero attached hydrogens (tertiary/aromatic N) is 1. The molecule has 0 radical (unpaired) electrons. The van der Waals surface area contributed by atoms with Crippen molar-refractivity contribution in [1.82, 2.24) is 4.98 Å². The van der Waals surface area contributed by atoms with Crippen LogP contribution in [0.4, 0.5) is 10.1 Å².